The highest BCUT2D eigenvalue weighted by atomic mass is 16.2. The number of hydrogen-bond acceptors (Lipinski definition) is 2. The Kier molecular flexibility index (Phi) is 2.28. The van der Waals surface area contributed by atoms with E-state index in [0.717, 1.165) is 13.2 Å². The van der Waals surface area contributed by atoms with Gasteiger partial charge in [-0.2, -0.15) is 0 Å². The third-order valence-electron chi connectivity index (χ3n) is 3.20. The molecule has 1 aliphatic heterocycles. The van der Waals surface area contributed by atoms with Crippen LogP contribution in [0, 0.1) is 5.41 Å². The molecule has 1 saturated heterocycles. The highest BCUT2D eigenvalue weighted by Gasteiger charge is 2.44. The number of carbonyl (C=O) groups excluding carboxylic acids is 1. The van der Waals surface area contributed by atoms with Crippen LogP contribution in [0.15, 0.2) is 0 Å². The summed E-state index contributed by atoms with van der Waals surface area (Å²) < 4.78 is 0. The average molecular weight is 182 g/mol. The van der Waals surface area contributed by atoms with Gasteiger partial charge in [0.2, 0.25) is 5.91 Å². The number of nitrogens with one attached hydrogen (secondary N) is 1. The molecule has 0 spiro atoms. The van der Waals surface area contributed by atoms with Crippen LogP contribution in [-0.2, 0) is 4.79 Å². The Balaban J connectivity index is 1.86. The van der Waals surface area contributed by atoms with E-state index in [9.17, 15) is 4.79 Å². The molecule has 1 N–H and O–H groups in total. The quantitative estimate of drug-likeness (QED) is 0.702. The minimum atomic E-state index is 0.280. The molecule has 13 heavy (non-hydrogen) atoms. The number of amides is 1. The summed E-state index contributed by atoms with van der Waals surface area (Å²) in [6, 6.07) is 0. The summed E-state index contributed by atoms with van der Waals surface area (Å²) in [5, 5.41) is 3.09. The first-order valence-electron chi connectivity index (χ1n) is 5.24. The van der Waals surface area contributed by atoms with Crippen molar-refractivity contribution in [3.63, 3.8) is 0 Å². The first kappa shape index (κ1) is 9.00. The predicted octanol–water partition coefficient (Wildman–Crippen LogP) is 0.956. The first-order valence-corrected chi connectivity index (χ1v) is 5.24. The highest BCUT2D eigenvalue weighted by molar-refractivity contribution is 5.80. The van der Waals surface area contributed by atoms with Gasteiger partial charge in [-0.05, 0) is 24.7 Å². The van der Waals surface area contributed by atoms with Crippen LogP contribution in [0.5, 0.6) is 0 Å². The van der Waals surface area contributed by atoms with Crippen LogP contribution in [-0.4, -0.2) is 30.6 Å². The highest BCUT2D eigenvalue weighted by Crippen LogP contribution is 2.50. The van der Waals surface area contributed by atoms with E-state index < -0.39 is 0 Å². The summed E-state index contributed by atoms with van der Waals surface area (Å²) in [5.41, 5.74) is 0.510. The molecule has 0 aromatic carbocycles. The zero-order valence-electron chi connectivity index (χ0n) is 8.31. The topological polar surface area (TPSA) is 32.3 Å². The molecule has 1 heterocycles. The Morgan fingerprint density at radius 1 is 1.54 bits per heavy atom. The molecule has 0 unspecified atom stereocenters. The van der Waals surface area contributed by atoms with E-state index in [1.165, 1.54) is 25.7 Å². The van der Waals surface area contributed by atoms with Crippen LogP contribution >= 0.6 is 0 Å². The van der Waals surface area contributed by atoms with Gasteiger partial charge in [0.1, 0.15) is 0 Å². The molecule has 3 heteroatoms. The molecular weight excluding hydrogens is 164 g/mol. The van der Waals surface area contributed by atoms with Gasteiger partial charge in [-0.25, -0.2) is 0 Å². The first-order chi connectivity index (χ1) is 6.26. The molecular formula is C10H18N2O. The number of hydrogen-bond donors (Lipinski definition) is 1. The van der Waals surface area contributed by atoms with Crippen molar-refractivity contribution in [1.29, 1.82) is 0 Å². The van der Waals surface area contributed by atoms with Gasteiger partial charge in [0, 0.05) is 6.54 Å². The van der Waals surface area contributed by atoms with E-state index in [1.807, 2.05) is 4.90 Å². The van der Waals surface area contributed by atoms with Gasteiger partial charge >= 0.3 is 0 Å². The van der Waals surface area contributed by atoms with Gasteiger partial charge < -0.3 is 4.90 Å². The average Bonchev–Trinajstić information content (AvgIpc) is 2.73. The minimum absolute atomic E-state index is 0.280. The Labute approximate surface area is 79.5 Å². The second-order valence-electron chi connectivity index (χ2n) is 4.43. The number of nitrogens with zero attached hydrogens (tertiary/aromatic N) is 1. The molecule has 2 aliphatic rings. The third-order valence-corrected chi connectivity index (χ3v) is 3.20. The molecule has 2 fully saturated rings. The molecule has 3 nitrogen and oxygen atoms in total. The van der Waals surface area contributed by atoms with E-state index in [1.54, 1.807) is 0 Å². The second kappa shape index (κ2) is 3.29. The van der Waals surface area contributed by atoms with Crippen LogP contribution in [0.4, 0.5) is 0 Å². The number of rotatable bonds is 4. The van der Waals surface area contributed by atoms with Crippen molar-refractivity contribution in [2.45, 2.75) is 32.6 Å². The Morgan fingerprint density at radius 2 is 2.31 bits per heavy atom. The fourth-order valence-corrected chi connectivity index (χ4v) is 2.24. The molecule has 1 amide bonds. The molecule has 0 bridgehead atoms. The fourth-order valence-electron chi connectivity index (χ4n) is 2.24. The van der Waals surface area contributed by atoms with Crippen LogP contribution < -0.4 is 5.32 Å². The standard InChI is InChI=1S/C10H18N2O/c1-2-3-10(4-5-10)7-12-8-11-6-9(12)13/h11H,2-8H2,1H3. The molecule has 0 aromatic heterocycles. The Bertz CT molecular complexity index is 211. The third kappa shape index (κ3) is 1.85. The van der Waals surface area contributed by atoms with Gasteiger partial charge in [-0.3, -0.25) is 10.1 Å². The van der Waals surface area contributed by atoms with Gasteiger partial charge in [0.05, 0.1) is 13.2 Å². The summed E-state index contributed by atoms with van der Waals surface area (Å²) in [6.45, 7) is 4.53. The van der Waals surface area contributed by atoms with Gasteiger partial charge in [0.25, 0.3) is 0 Å². The lowest BCUT2D eigenvalue weighted by Gasteiger charge is -2.22. The molecule has 1 saturated carbocycles. The summed E-state index contributed by atoms with van der Waals surface area (Å²) in [5.74, 6) is 0.280. The predicted molar refractivity (Wildman–Crippen MR) is 51.2 cm³/mol. The van der Waals surface area contributed by atoms with E-state index in [-0.39, 0.29) is 5.91 Å². The molecule has 2 rings (SSSR count). The molecule has 1 aliphatic carbocycles. The van der Waals surface area contributed by atoms with E-state index in [2.05, 4.69) is 12.2 Å². The van der Waals surface area contributed by atoms with Gasteiger partial charge in [-0.1, -0.05) is 13.3 Å². The lowest BCUT2D eigenvalue weighted by atomic mass is 10.0. The Hall–Kier alpha value is -0.570. The smallest absolute Gasteiger partial charge is 0.237 e. The summed E-state index contributed by atoms with van der Waals surface area (Å²) in [4.78, 5) is 13.3. The van der Waals surface area contributed by atoms with E-state index in [4.69, 9.17) is 0 Å². The Morgan fingerprint density at radius 3 is 2.77 bits per heavy atom. The van der Waals surface area contributed by atoms with Crippen LogP contribution in [0.3, 0.4) is 0 Å². The van der Waals surface area contributed by atoms with Crippen molar-refractivity contribution >= 4 is 5.91 Å². The number of carbonyl (C=O) groups is 1. The van der Waals surface area contributed by atoms with Gasteiger partial charge in [-0.15, -0.1) is 0 Å². The maximum absolute atomic E-state index is 11.3. The van der Waals surface area contributed by atoms with Crippen molar-refractivity contribution in [2.24, 2.45) is 5.41 Å². The normalized spacial score (nSPS) is 25.3. The van der Waals surface area contributed by atoms with E-state index in [0.29, 0.717) is 12.0 Å². The zero-order chi connectivity index (χ0) is 9.31. The maximum Gasteiger partial charge on any atom is 0.237 e. The van der Waals surface area contributed by atoms with Crippen molar-refractivity contribution in [2.75, 3.05) is 19.8 Å². The van der Waals surface area contributed by atoms with Crippen LogP contribution in [0.25, 0.3) is 0 Å². The molecule has 0 radical (unpaired) electrons. The SMILES string of the molecule is CCCC1(CN2CNCC2=O)CC1. The van der Waals surface area contributed by atoms with Crippen LogP contribution in [0.2, 0.25) is 0 Å². The lowest BCUT2D eigenvalue weighted by Crippen LogP contribution is -2.32. The maximum atomic E-state index is 11.3. The summed E-state index contributed by atoms with van der Waals surface area (Å²) >= 11 is 0. The van der Waals surface area contributed by atoms with Crippen molar-refractivity contribution < 1.29 is 4.79 Å². The van der Waals surface area contributed by atoms with Crippen molar-refractivity contribution in [3.05, 3.63) is 0 Å². The zero-order valence-corrected chi connectivity index (χ0v) is 8.31. The van der Waals surface area contributed by atoms with E-state index >= 15 is 0 Å². The van der Waals surface area contributed by atoms with Crippen molar-refractivity contribution in [3.8, 4) is 0 Å². The fraction of sp³-hybridized carbons (Fsp3) is 0.900. The van der Waals surface area contributed by atoms with Crippen molar-refractivity contribution in [1.82, 2.24) is 10.2 Å². The van der Waals surface area contributed by atoms with Crippen LogP contribution in [0.1, 0.15) is 32.6 Å². The lowest BCUT2D eigenvalue weighted by molar-refractivity contribution is -0.127. The minimum Gasteiger partial charge on any atom is -0.328 e. The summed E-state index contributed by atoms with van der Waals surface area (Å²) in [7, 11) is 0. The van der Waals surface area contributed by atoms with Gasteiger partial charge in [0.15, 0.2) is 0 Å². The largest absolute Gasteiger partial charge is 0.328 e. The summed E-state index contributed by atoms with van der Waals surface area (Å²) in [6.07, 6.45) is 5.18. The molecule has 74 valence electrons. The molecule has 0 aromatic rings. The molecule has 0 atom stereocenters. The second-order valence-corrected chi connectivity index (χ2v) is 4.43. The monoisotopic (exact) mass is 182 g/mol.